The Balaban J connectivity index is 2.18. The van der Waals surface area contributed by atoms with E-state index in [4.69, 9.17) is 0 Å². The smallest absolute Gasteiger partial charge is 0.166 e. The van der Waals surface area contributed by atoms with Gasteiger partial charge in [0.05, 0.1) is 11.1 Å². The van der Waals surface area contributed by atoms with Gasteiger partial charge in [-0.15, -0.1) is 0 Å². The minimum absolute atomic E-state index is 0.107. The first-order chi connectivity index (χ1) is 13.8. The Morgan fingerprint density at radius 3 is 1.47 bits per heavy atom. The molecular weight excluding hydrogens is 402 g/mol. The van der Waals surface area contributed by atoms with Crippen molar-refractivity contribution in [1.82, 2.24) is 0 Å². The van der Waals surface area contributed by atoms with E-state index in [9.17, 15) is 26.3 Å². The van der Waals surface area contributed by atoms with Crippen LogP contribution < -0.4 is 0 Å². The molecule has 0 aliphatic heterocycles. The molecule has 0 aromatic heterocycles. The Hall–Kier alpha value is -2.76. The first-order valence-corrected chi connectivity index (χ1v) is 9.26. The van der Waals surface area contributed by atoms with E-state index in [2.05, 4.69) is 0 Å². The van der Waals surface area contributed by atoms with E-state index in [1.54, 1.807) is 25.1 Å². The lowest BCUT2D eigenvalue weighted by atomic mass is 9.90. The van der Waals surface area contributed by atoms with Gasteiger partial charge in [0, 0.05) is 0 Å². The van der Waals surface area contributed by atoms with Crippen molar-refractivity contribution < 1.29 is 26.3 Å². The van der Waals surface area contributed by atoms with Crippen LogP contribution in [0.3, 0.4) is 0 Å². The maximum atomic E-state index is 13.4. The van der Waals surface area contributed by atoms with Crippen LogP contribution in [0.4, 0.5) is 26.3 Å². The van der Waals surface area contributed by atoms with Gasteiger partial charge in [0.1, 0.15) is 0 Å². The van der Waals surface area contributed by atoms with Gasteiger partial charge < -0.3 is 0 Å². The van der Waals surface area contributed by atoms with E-state index in [1.807, 2.05) is 32.0 Å². The molecule has 0 fully saturated rings. The van der Waals surface area contributed by atoms with Gasteiger partial charge in [0.2, 0.25) is 0 Å². The quantitative estimate of drug-likeness (QED) is 0.365. The van der Waals surface area contributed by atoms with Gasteiger partial charge in [-0.05, 0) is 78.8 Å². The summed E-state index contributed by atoms with van der Waals surface area (Å²) >= 11 is 0. The molecule has 0 unspecified atom stereocenters. The van der Waals surface area contributed by atoms with E-state index in [0.717, 1.165) is 41.3 Å². The molecule has 158 valence electrons. The van der Waals surface area contributed by atoms with Gasteiger partial charge in [-0.1, -0.05) is 42.0 Å². The molecule has 6 heteroatoms. The second-order valence-electron chi connectivity index (χ2n) is 7.54. The van der Waals surface area contributed by atoms with E-state index in [0.29, 0.717) is 11.1 Å². The summed E-state index contributed by atoms with van der Waals surface area (Å²) in [5.41, 5.74) is 1.42. The number of benzene rings is 3. The maximum Gasteiger partial charge on any atom is 0.416 e. The van der Waals surface area contributed by atoms with Crippen molar-refractivity contribution in [2.45, 2.75) is 40.0 Å². The summed E-state index contributed by atoms with van der Waals surface area (Å²) < 4.78 is 80.4. The fourth-order valence-electron chi connectivity index (χ4n) is 3.75. The Morgan fingerprint density at radius 2 is 1.00 bits per heavy atom. The van der Waals surface area contributed by atoms with Gasteiger partial charge in [-0.3, -0.25) is 0 Å². The molecule has 0 spiro atoms. The molecule has 0 bridgehead atoms. The third-order valence-electron chi connectivity index (χ3n) is 5.25. The molecule has 0 aliphatic carbocycles. The largest absolute Gasteiger partial charge is 0.416 e. The van der Waals surface area contributed by atoms with Gasteiger partial charge in [0.15, 0.2) is 0 Å². The van der Waals surface area contributed by atoms with Crippen molar-refractivity contribution in [1.29, 1.82) is 0 Å². The number of hydrogen-bond donors (Lipinski definition) is 0. The summed E-state index contributed by atoms with van der Waals surface area (Å²) in [6.45, 7) is 6.46. The molecule has 0 saturated heterocycles. The van der Waals surface area contributed by atoms with Crippen molar-refractivity contribution in [2.24, 2.45) is 0 Å². The highest BCUT2D eigenvalue weighted by Crippen LogP contribution is 2.42. The summed E-state index contributed by atoms with van der Waals surface area (Å²) in [5, 5.41) is 0. The third kappa shape index (κ3) is 4.23. The van der Waals surface area contributed by atoms with Crippen LogP contribution in [-0.2, 0) is 12.4 Å². The minimum atomic E-state index is -4.88. The fraction of sp³-hybridized carbons (Fsp3) is 0.250. The van der Waals surface area contributed by atoms with Crippen LogP contribution >= 0.6 is 0 Å². The molecule has 0 amide bonds. The third-order valence-corrected chi connectivity index (χ3v) is 5.25. The number of halogens is 6. The zero-order chi connectivity index (χ0) is 22.4. The number of aryl methyl sites for hydroxylation is 3. The second-order valence-corrected chi connectivity index (χ2v) is 7.54. The summed E-state index contributed by atoms with van der Waals surface area (Å²) in [6.07, 6.45) is -9.76. The molecule has 3 aromatic rings. The highest BCUT2D eigenvalue weighted by atomic mass is 19.4. The Kier molecular flexibility index (Phi) is 5.48. The van der Waals surface area contributed by atoms with Crippen LogP contribution in [0.1, 0.15) is 33.4 Å². The monoisotopic (exact) mass is 422 g/mol. The lowest BCUT2D eigenvalue weighted by Gasteiger charge is -2.19. The predicted octanol–water partition coefficient (Wildman–Crippen LogP) is 8.29. The number of alkyl halides is 6. The van der Waals surface area contributed by atoms with Crippen molar-refractivity contribution >= 4 is 0 Å². The topological polar surface area (TPSA) is 0 Å². The lowest BCUT2D eigenvalue weighted by Crippen LogP contribution is -2.15. The average Bonchev–Trinajstić information content (AvgIpc) is 2.60. The molecular formula is C24H20F6. The Labute approximate surface area is 171 Å². The Bertz CT molecular complexity index is 1070. The van der Waals surface area contributed by atoms with Gasteiger partial charge >= 0.3 is 12.4 Å². The van der Waals surface area contributed by atoms with Crippen LogP contribution in [0.25, 0.3) is 22.3 Å². The van der Waals surface area contributed by atoms with Gasteiger partial charge in [-0.2, -0.15) is 26.3 Å². The average molecular weight is 422 g/mol. The van der Waals surface area contributed by atoms with Gasteiger partial charge in [-0.25, -0.2) is 0 Å². The van der Waals surface area contributed by atoms with E-state index >= 15 is 0 Å². The molecule has 0 heterocycles. The number of rotatable bonds is 2. The highest BCUT2D eigenvalue weighted by Gasteiger charge is 2.40. The highest BCUT2D eigenvalue weighted by molar-refractivity contribution is 5.76. The van der Waals surface area contributed by atoms with Crippen LogP contribution in [0.15, 0.2) is 48.5 Å². The van der Waals surface area contributed by atoms with Gasteiger partial charge in [0.25, 0.3) is 0 Å². The number of hydrogen-bond acceptors (Lipinski definition) is 0. The van der Waals surface area contributed by atoms with Crippen LogP contribution in [0.5, 0.6) is 0 Å². The van der Waals surface area contributed by atoms with Crippen molar-refractivity contribution in [3.05, 3.63) is 81.9 Å². The summed E-state index contributed by atoms with van der Waals surface area (Å²) in [4.78, 5) is 0. The zero-order valence-corrected chi connectivity index (χ0v) is 16.9. The normalized spacial score (nSPS) is 12.3. The predicted molar refractivity (Wildman–Crippen MR) is 106 cm³/mol. The fourth-order valence-corrected chi connectivity index (χ4v) is 3.75. The SMILES string of the molecule is Cc1ccc(-c2ccc(-c3cc(C(F)(F)F)c(C)c(C(F)(F)F)c3)c(C)c2)c(C)c1. The summed E-state index contributed by atoms with van der Waals surface area (Å²) in [5.74, 6) is 0. The summed E-state index contributed by atoms with van der Waals surface area (Å²) in [7, 11) is 0. The zero-order valence-electron chi connectivity index (χ0n) is 16.9. The van der Waals surface area contributed by atoms with Crippen molar-refractivity contribution in [3.63, 3.8) is 0 Å². The molecule has 0 atom stereocenters. The minimum Gasteiger partial charge on any atom is -0.166 e. The standard InChI is InChI=1S/C24H20F6/c1-13-5-7-19(14(2)9-13)17-6-8-20(15(3)10-17)18-11-21(23(25,26)27)16(4)22(12-18)24(28,29)30/h5-12H,1-4H3. The van der Waals surface area contributed by atoms with Crippen molar-refractivity contribution in [2.75, 3.05) is 0 Å². The molecule has 0 aliphatic rings. The Morgan fingerprint density at radius 1 is 0.533 bits per heavy atom. The maximum absolute atomic E-state index is 13.4. The van der Waals surface area contributed by atoms with E-state index < -0.39 is 29.0 Å². The van der Waals surface area contributed by atoms with Crippen LogP contribution in [0.2, 0.25) is 0 Å². The molecule has 0 nitrogen and oxygen atoms in total. The molecule has 0 saturated carbocycles. The summed E-state index contributed by atoms with van der Waals surface area (Å²) in [6, 6.07) is 12.6. The van der Waals surface area contributed by atoms with E-state index in [-0.39, 0.29) is 5.56 Å². The molecule has 3 rings (SSSR count). The molecule has 0 N–H and O–H groups in total. The first-order valence-electron chi connectivity index (χ1n) is 9.26. The van der Waals surface area contributed by atoms with Crippen LogP contribution in [-0.4, -0.2) is 0 Å². The molecule has 3 aromatic carbocycles. The lowest BCUT2D eigenvalue weighted by molar-refractivity contribution is -0.143. The second kappa shape index (κ2) is 7.49. The van der Waals surface area contributed by atoms with Crippen LogP contribution in [0, 0.1) is 27.7 Å². The van der Waals surface area contributed by atoms with E-state index in [1.165, 1.54) is 0 Å². The first kappa shape index (κ1) is 21.9. The van der Waals surface area contributed by atoms with Crippen molar-refractivity contribution in [3.8, 4) is 22.3 Å². The molecule has 0 radical (unpaired) electrons. The molecule has 30 heavy (non-hydrogen) atoms.